The molecule has 2 amide bonds. The Labute approximate surface area is 125 Å². The number of nitrogens with zero attached hydrogens (tertiary/aromatic N) is 1. The zero-order chi connectivity index (χ0) is 14.3. The van der Waals surface area contributed by atoms with Crippen molar-refractivity contribution in [3.8, 4) is 0 Å². The van der Waals surface area contributed by atoms with E-state index in [4.69, 9.17) is 12.2 Å². The van der Waals surface area contributed by atoms with Crippen LogP contribution in [0.25, 0.3) is 5.57 Å². The molecule has 3 rings (SSSR count). The van der Waals surface area contributed by atoms with Gasteiger partial charge in [-0.1, -0.05) is 48.3 Å². The molecule has 1 aromatic rings. The van der Waals surface area contributed by atoms with Gasteiger partial charge in [-0.05, 0) is 6.07 Å². The highest BCUT2D eigenvalue weighted by atomic mass is 32.2. The minimum absolute atomic E-state index is 0.234. The molecule has 0 bridgehead atoms. The summed E-state index contributed by atoms with van der Waals surface area (Å²) >= 11 is 6.35. The maximum atomic E-state index is 12.4. The Hall–Kier alpha value is -1.92. The van der Waals surface area contributed by atoms with Crippen LogP contribution < -0.4 is 5.32 Å². The van der Waals surface area contributed by atoms with Gasteiger partial charge in [0.2, 0.25) is 0 Å². The molecule has 0 unspecified atom stereocenters. The standard InChI is InChI=1S/C14H10N2O2S2/c1-2-7-16-13(18)11(20-14(16)19)10-8-5-3-4-6-9(8)15-12(10)17/h2-6H,1,7H2,(H,15,17)/b11-10-. The smallest absolute Gasteiger partial charge is 0.267 e. The fourth-order valence-corrected chi connectivity index (χ4v) is 3.53. The van der Waals surface area contributed by atoms with Gasteiger partial charge in [-0.2, -0.15) is 0 Å². The fraction of sp³-hybridized carbons (Fsp3) is 0.0714. The number of thiocarbonyl (C=S) groups is 1. The number of nitrogens with one attached hydrogen (secondary N) is 1. The molecule has 2 aliphatic heterocycles. The lowest BCUT2D eigenvalue weighted by atomic mass is 10.1. The molecule has 1 saturated heterocycles. The van der Waals surface area contributed by atoms with Gasteiger partial charge in [0.1, 0.15) is 4.32 Å². The van der Waals surface area contributed by atoms with Gasteiger partial charge >= 0.3 is 0 Å². The average Bonchev–Trinajstić information content (AvgIpc) is 2.89. The summed E-state index contributed by atoms with van der Waals surface area (Å²) in [5.41, 5.74) is 1.88. The Bertz CT molecular complexity index is 694. The second-order valence-corrected chi connectivity index (χ2v) is 5.92. The topological polar surface area (TPSA) is 49.4 Å². The van der Waals surface area contributed by atoms with E-state index in [0.29, 0.717) is 21.3 Å². The molecule has 1 fully saturated rings. The minimum Gasteiger partial charge on any atom is -0.321 e. The highest BCUT2D eigenvalue weighted by molar-refractivity contribution is 8.26. The zero-order valence-corrected chi connectivity index (χ0v) is 12.0. The van der Waals surface area contributed by atoms with Crippen molar-refractivity contribution in [3.05, 3.63) is 47.4 Å². The summed E-state index contributed by atoms with van der Waals surface area (Å²) in [5, 5.41) is 2.76. The number of hydrogen-bond donors (Lipinski definition) is 1. The molecule has 0 aliphatic carbocycles. The van der Waals surface area contributed by atoms with E-state index in [-0.39, 0.29) is 11.8 Å². The number of anilines is 1. The molecule has 2 aliphatic rings. The van der Waals surface area contributed by atoms with Crippen LogP contribution in [0.3, 0.4) is 0 Å². The first-order valence-corrected chi connectivity index (χ1v) is 7.15. The number of carbonyl (C=O) groups is 2. The van der Waals surface area contributed by atoms with Gasteiger partial charge in [-0.3, -0.25) is 14.5 Å². The molecule has 1 aromatic carbocycles. The first-order chi connectivity index (χ1) is 9.63. The molecule has 0 aromatic heterocycles. The van der Waals surface area contributed by atoms with Crippen molar-refractivity contribution in [3.63, 3.8) is 0 Å². The number of para-hydroxylation sites is 1. The van der Waals surface area contributed by atoms with Gasteiger partial charge in [-0.25, -0.2) is 0 Å². The molecular weight excluding hydrogens is 292 g/mol. The Morgan fingerprint density at radius 1 is 1.35 bits per heavy atom. The number of thioether (sulfide) groups is 1. The van der Waals surface area contributed by atoms with E-state index in [1.165, 1.54) is 16.7 Å². The molecule has 2 heterocycles. The van der Waals surface area contributed by atoms with Crippen LogP contribution in [-0.4, -0.2) is 27.6 Å². The SMILES string of the molecule is C=CCN1C(=O)/C(=C2/C(=O)Nc3ccccc32)SC1=S. The first-order valence-electron chi connectivity index (χ1n) is 5.93. The molecule has 0 radical (unpaired) electrons. The normalized spacial score (nSPS) is 21.2. The third-order valence-corrected chi connectivity index (χ3v) is 4.51. The van der Waals surface area contributed by atoms with Gasteiger partial charge in [0.05, 0.1) is 10.5 Å². The molecule has 20 heavy (non-hydrogen) atoms. The van der Waals surface area contributed by atoms with Crippen molar-refractivity contribution in [2.75, 3.05) is 11.9 Å². The Morgan fingerprint density at radius 2 is 2.10 bits per heavy atom. The number of carbonyl (C=O) groups excluding carboxylic acids is 2. The summed E-state index contributed by atoms with van der Waals surface area (Å²) in [6.07, 6.45) is 1.61. The van der Waals surface area contributed by atoms with Crippen LogP contribution in [0.2, 0.25) is 0 Å². The lowest BCUT2D eigenvalue weighted by Crippen LogP contribution is -2.28. The Balaban J connectivity index is 2.12. The molecule has 6 heteroatoms. The molecule has 0 spiro atoms. The maximum absolute atomic E-state index is 12.4. The van der Waals surface area contributed by atoms with Crippen LogP contribution in [0.1, 0.15) is 5.56 Å². The fourth-order valence-electron chi connectivity index (χ4n) is 2.18. The van der Waals surface area contributed by atoms with Gasteiger partial charge in [-0.15, -0.1) is 6.58 Å². The van der Waals surface area contributed by atoms with Crippen LogP contribution in [0.15, 0.2) is 41.8 Å². The minimum atomic E-state index is -0.259. The zero-order valence-electron chi connectivity index (χ0n) is 10.4. The highest BCUT2D eigenvalue weighted by Crippen LogP contribution is 2.41. The predicted octanol–water partition coefficient (Wildman–Crippen LogP) is 2.40. The molecule has 1 N–H and O–H groups in total. The van der Waals surface area contributed by atoms with Gasteiger partial charge < -0.3 is 5.32 Å². The van der Waals surface area contributed by atoms with Gasteiger partial charge in [0, 0.05) is 17.8 Å². The molecule has 100 valence electrons. The van der Waals surface area contributed by atoms with Crippen molar-refractivity contribution in [2.24, 2.45) is 0 Å². The van der Waals surface area contributed by atoms with Gasteiger partial charge in [0.25, 0.3) is 11.8 Å². The van der Waals surface area contributed by atoms with E-state index in [1.807, 2.05) is 24.3 Å². The van der Waals surface area contributed by atoms with E-state index in [2.05, 4.69) is 11.9 Å². The van der Waals surface area contributed by atoms with Crippen molar-refractivity contribution >= 4 is 51.4 Å². The number of fused-ring (bicyclic) bond motifs is 1. The Kier molecular flexibility index (Phi) is 3.19. The number of rotatable bonds is 2. The van der Waals surface area contributed by atoms with E-state index in [9.17, 15) is 9.59 Å². The summed E-state index contributed by atoms with van der Waals surface area (Å²) in [6, 6.07) is 7.31. The van der Waals surface area contributed by atoms with Crippen LogP contribution >= 0.6 is 24.0 Å². The lowest BCUT2D eigenvalue weighted by Gasteiger charge is -2.10. The molecule has 0 saturated carbocycles. The molecular formula is C14H10N2O2S2. The van der Waals surface area contributed by atoms with Crippen LogP contribution in [-0.2, 0) is 9.59 Å². The van der Waals surface area contributed by atoms with Gasteiger partial charge in [0.15, 0.2) is 0 Å². The third-order valence-electron chi connectivity index (χ3n) is 3.06. The van der Waals surface area contributed by atoms with E-state index in [1.54, 1.807) is 6.08 Å². The third kappa shape index (κ3) is 1.88. The Morgan fingerprint density at radius 3 is 2.85 bits per heavy atom. The first kappa shape index (κ1) is 13.1. The summed E-state index contributed by atoms with van der Waals surface area (Å²) in [4.78, 5) is 26.3. The number of benzene rings is 1. The monoisotopic (exact) mass is 302 g/mol. The predicted molar refractivity (Wildman–Crippen MR) is 84.1 cm³/mol. The van der Waals surface area contributed by atoms with E-state index >= 15 is 0 Å². The number of amides is 2. The average molecular weight is 302 g/mol. The van der Waals surface area contributed by atoms with Crippen LogP contribution in [0.5, 0.6) is 0 Å². The van der Waals surface area contributed by atoms with E-state index in [0.717, 1.165) is 11.3 Å². The van der Waals surface area contributed by atoms with Crippen LogP contribution in [0.4, 0.5) is 5.69 Å². The van der Waals surface area contributed by atoms with Crippen molar-refractivity contribution in [1.29, 1.82) is 0 Å². The maximum Gasteiger partial charge on any atom is 0.267 e. The summed E-state index contributed by atoms with van der Waals surface area (Å²) in [5.74, 6) is -0.493. The van der Waals surface area contributed by atoms with E-state index < -0.39 is 0 Å². The molecule has 0 atom stereocenters. The summed E-state index contributed by atoms with van der Waals surface area (Å²) in [7, 11) is 0. The summed E-state index contributed by atoms with van der Waals surface area (Å²) in [6.45, 7) is 3.96. The second-order valence-electron chi connectivity index (χ2n) is 4.28. The number of hydrogen-bond acceptors (Lipinski definition) is 4. The van der Waals surface area contributed by atoms with Crippen molar-refractivity contribution in [1.82, 2.24) is 4.90 Å². The molecule has 4 nitrogen and oxygen atoms in total. The van der Waals surface area contributed by atoms with Crippen LogP contribution in [0, 0.1) is 0 Å². The largest absolute Gasteiger partial charge is 0.321 e. The second kappa shape index (κ2) is 4.88. The summed E-state index contributed by atoms with van der Waals surface area (Å²) < 4.78 is 0.453. The highest BCUT2D eigenvalue weighted by Gasteiger charge is 2.38. The lowest BCUT2D eigenvalue weighted by molar-refractivity contribution is -0.122. The van der Waals surface area contributed by atoms with Crippen molar-refractivity contribution in [2.45, 2.75) is 0 Å². The quantitative estimate of drug-likeness (QED) is 0.518. The van der Waals surface area contributed by atoms with Crippen molar-refractivity contribution < 1.29 is 9.59 Å².